The van der Waals surface area contributed by atoms with E-state index in [0.29, 0.717) is 16.8 Å². The SMILES string of the molecule is CC(C)(C)C(Cc1cc(-c2cccnc2)n(S(=O)(=O)c2cccc(S(C)(=O)=O)c2)c1)NC(=O)O. The van der Waals surface area contributed by atoms with Gasteiger partial charge in [-0.25, -0.2) is 25.6 Å². The molecule has 11 heteroatoms. The maximum Gasteiger partial charge on any atom is 0.404 e. The van der Waals surface area contributed by atoms with Gasteiger partial charge in [0.25, 0.3) is 10.0 Å². The minimum absolute atomic E-state index is 0.109. The summed E-state index contributed by atoms with van der Waals surface area (Å²) in [5.41, 5.74) is 1.03. The molecule has 2 N–H and O–H groups in total. The largest absolute Gasteiger partial charge is 0.465 e. The van der Waals surface area contributed by atoms with E-state index in [1.54, 1.807) is 24.4 Å². The summed E-state index contributed by atoms with van der Waals surface area (Å²) in [6.45, 7) is 5.67. The molecule has 3 aromatic rings. The Morgan fingerprint density at radius 1 is 1.09 bits per heavy atom. The van der Waals surface area contributed by atoms with Crippen molar-refractivity contribution in [2.24, 2.45) is 5.41 Å². The van der Waals surface area contributed by atoms with Gasteiger partial charge in [0.2, 0.25) is 0 Å². The van der Waals surface area contributed by atoms with E-state index in [4.69, 9.17) is 0 Å². The molecule has 0 saturated carbocycles. The molecule has 182 valence electrons. The van der Waals surface area contributed by atoms with Gasteiger partial charge in [-0.05, 0) is 53.8 Å². The predicted molar refractivity (Wildman–Crippen MR) is 128 cm³/mol. The zero-order chi connectivity index (χ0) is 25.3. The van der Waals surface area contributed by atoms with Crippen molar-refractivity contribution in [3.05, 3.63) is 66.6 Å². The molecule has 9 nitrogen and oxygen atoms in total. The standard InChI is InChI=1S/C23H27N3O6S2/c1-23(2,3)21(25-22(27)28)12-16-11-20(17-7-6-10-24-14-17)26(15-16)34(31,32)19-9-5-8-18(13-19)33(4,29)30/h5-11,13-15,21,25H,12H2,1-4H3,(H,27,28). The molecule has 1 atom stereocenters. The Labute approximate surface area is 199 Å². The number of nitrogens with one attached hydrogen (secondary N) is 1. The van der Waals surface area contributed by atoms with Crippen molar-refractivity contribution in [3.8, 4) is 11.3 Å². The van der Waals surface area contributed by atoms with Crippen LogP contribution in [0.15, 0.2) is 70.8 Å². The quantitative estimate of drug-likeness (QED) is 0.502. The summed E-state index contributed by atoms with van der Waals surface area (Å²) >= 11 is 0. The lowest BCUT2D eigenvalue weighted by Crippen LogP contribution is -2.44. The lowest BCUT2D eigenvalue weighted by atomic mass is 9.83. The molecule has 1 unspecified atom stereocenters. The van der Waals surface area contributed by atoms with Crippen molar-refractivity contribution in [2.75, 3.05) is 6.26 Å². The normalized spacial score (nSPS) is 13.4. The van der Waals surface area contributed by atoms with Crippen LogP contribution in [0.4, 0.5) is 4.79 Å². The molecule has 3 rings (SSSR count). The third-order valence-electron chi connectivity index (χ3n) is 5.37. The van der Waals surface area contributed by atoms with Crippen molar-refractivity contribution in [1.82, 2.24) is 14.3 Å². The third-order valence-corrected chi connectivity index (χ3v) is 8.15. The highest BCUT2D eigenvalue weighted by Gasteiger charge is 2.29. The van der Waals surface area contributed by atoms with Crippen LogP contribution < -0.4 is 5.32 Å². The highest BCUT2D eigenvalue weighted by atomic mass is 32.2. The molecular formula is C23H27N3O6S2. The minimum Gasteiger partial charge on any atom is -0.465 e. The number of nitrogens with zero attached hydrogens (tertiary/aromatic N) is 2. The van der Waals surface area contributed by atoms with Crippen LogP contribution in [0.5, 0.6) is 0 Å². The topological polar surface area (TPSA) is 135 Å². The van der Waals surface area contributed by atoms with Crippen molar-refractivity contribution in [1.29, 1.82) is 0 Å². The van der Waals surface area contributed by atoms with Crippen LogP contribution in [0.1, 0.15) is 26.3 Å². The smallest absolute Gasteiger partial charge is 0.404 e. The lowest BCUT2D eigenvalue weighted by molar-refractivity contribution is 0.174. The number of rotatable bonds is 7. The van der Waals surface area contributed by atoms with Crippen LogP contribution in [0.2, 0.25) is 0 Å². The van der Waals surface area contributed by atoms with Gasteiger partial charge in [0, 0.05) is 36.5 Å². The minimum atomic E-state index is -4.19. The first-order valence-corrected chi connectivity index (χ1v) is 13.7. The Hall–Kier alpha value is -3.18. The molecule has 0 aliphatic heterocycles. The first-order valence-electron chi connectivity index (χ1n) is 10.4. The van der Waals surface area contributed by atoms with E-state index in [-0.39, 0.29) is 16.2 Å². The van der Waals surface area contributed by atoms with E-state index in [2.05, 4.69) is 10.3 Å². The molecule has 0 aliphatic carbocycles. The van der Waals surface area contributed by atoms with E-state index >= 15 is 0 Å². The van der Waals surface area contributed by atoms with Crippen LogP contribution in [0.25, 0.3) is 11.3 Å². The Kier molecular flexibility index (Phi) is 6.90. The molecular weight excluding hydrogens is 478 g/mol. The summed E-state index contributed by atoms with van der Waals surface area (Å²) in [5, 5.41) is 11.8. The first-order chi connectivity index (χ1) is 15.7. The van der Waals surface area contributed by atoms with Crippen molar-refractivity contribution < 1.29 is 26.7 Å². The monoisotopic (exact) mass is 505 g/mol. The molecule has 1 aromatic carbocycles. The van der Waals surface area contributed by atoms with Crippen molar-refractivity contribution in [2.45, 2.75) is 43.0 Å². The summed E-state index contributed by atoms with van der Waals surface area (Å²) in [5.74, 6) is 0. The van der Waals surface area contributed by atoms with E-state index in [1.165, 1.54) is 30.6 Å². The van der Waals surface area contributed by atoms with Gasteiger partial charge < -0.3 is 10.4 Å². The zero-order valence-electron chi connectivity index (χ0n) is 19.3. The maximum atomic E-state index is 13.6. The van der Waals surface area contributed by atoms with Crippen LogP contribution in [-0.2, 0) is 26.3 Å². The number of carbonyl (C=O) groups is 1. The molecule has 34 heavy (non-hydrogen) atoms. The molecule has 2 heterocycles. The number of hydrogen-bond donors (Lipinski definition) is 2. The fraction of sp³-hybridized carbons (Fsp3) is 0.304. The van der Waals surface area contributed by atoms with Gasteiger partial charge in [-0.2, -0.15) is 0 Å². The van der Waals surface area contributed by atoms with Crippen LogP contribution in [0, 0.1) is 5.41 Å². The summed E-state index contributed by atoms with van der Waals surface area (Å²) < 4.78 is 52.3. The molecule has 0 spiro atoms. The number of sulfone groups is 1. The summed E-state index contributed by atoms with van der Waals surface area (Å²) in [7, 11) is -7.80. The summed E-state index contributed by atoms with van der Waals surface area (Å²) in [6.07, 6.45) is 4.61. The van der Waals surface area contributed by atoms with Gasteiger partial charge in [-0.15, -0.1) is 0 Å². The van der Waals surface area contributed by atoms with Gasteiger partial charge in [0.05, 0.1) is 15.5 Å². The van der Waals surface area contributed by atoms with Gasteiger partial charge in [0.15, 0.2) is 9.84 Å². The van der Waals surface area contributed by atoms with Gasteiger partial charge in [-0.1, -0.05) is 26.8 Å². The average molecular weight is 506 g/mol. The lowest BCUT2D eigenvalue weighted by Gasteiger charge is -2.30. The number of pyridine rings is 1. The third kappa shape index (κ3) is 5.65. The number of carboxylic acid groups (broad SMARTS) is 1. The average Bonchev–Trinajstić information content (AvgIpc) is 3.17. The van der Waals surface area contributed by atoms with Crippen molar-refractivity contribution in [3.63, 3.8) is 0 Å². The van der Waals surface area contributed by atoms with Gasteiger partial charge in [0.1, 0.15) is 0 Å². The van der Waals surface area contributed by atoms with E-state index in [0.717, 1.165) is 16.3 Å². The Bertz CT molecular complexity index is 1410. The highest BCUT2D eigenvalue weighted by Crippen LogP contribution is 2.30. The van der Waals surface area contributed by atoms with Gasteiger partial charge >= 0.3 is 6.09 Å². The zero-order valence-corrected chi connectivity index (χ0v) is 20.9. The van der Waals surface area contributed by atoms with Crippen LogP contribution in [-0.4, -0.2) is 49.3 Å². The number of hydrogen-bond acceptors (Lipinski definition) is 6. The predicted octanol–water partition coefficient (Wildman–Crippen LogP) is 3.42. The second-order valence-corrected chi connectivity index (χ2v) is 12.9. The van der Waals surface area contributed by atoms with Crippen molar-refractivity contribution >= 4 is 26.0 Å². The summed E-state index contributed by atoms with van der Waals surface area (Å²) in [4.78, 5) is 15.1. The second kappa shape index (κ2) is 9.22. The molecule has 2 aromatic heterocycles. The number of aromatic nitrogens is 2. The number of amides is 1. The van der Waals surface area contributed by atoms with Crippen LogP contribution in [0.3, 0.4) is 0 Å². The van der Waals surface area contributed by atoms with E-state index < -0.39 is 37.4 Å². The molecule has 0 fully saturated rings. The van der Waals surface area contributed by atoms with E-state index in [9.17, 15) is 26.7 Å². The molecule has 0 saturated heterocycles. The Morgan fingerprint density at radius 2 is 1.76 bits per heavy atom. The summed E-state index contributed by atoms with van der Waals surface area (Å²) in [6, 6.07) is 9.75. The Morgan fingerprint density at radius 3 is 2.32 bits per heavy atom. The second-order valence-electron chi connectivity index (χ2n) is 9.10. The van der Waals surface area contributed by atoms with Gasteiger partial charge in [-0.3, -0.25) is 4.98 Å². The molecule has 0 radical (unpaired) electrons. The maximum absolute atomic E-state index is 13.6. The highest BCUT2D eigenvalue weighted by molar-refractivity contribution is 7.91. The molecule has 0 aliphatic rings. The van der Waals surface area contributed by atoms with E-state index in [1.807, 2.05) is 20.8 Å². The Balaban J connectivity index is 2.17. The molecule has 0 bridgehead atoms. The fourth-order valence-corrected chi connectivity index (χ4v) is 5.66. The first kappa shape index (κ1) is 25.4. The fourth-order valence-electron chi connectivity index (χ4n) is 3.47. The van der Waals surface area contributed by atoms with Crippen LogP contribution >= 0.6 is 0 Å². The number of benzene rings is 1. The molecule has 1 amide bonds.